The maximum absolute atomic E-state index is 14.2. The third-order valence-corrected chi connectivity index (χ3v) is 11.9. The van der Waals surface area contributed by atoms with Crippen LogP contribution in [0.1, 0.15) is 111 Å². The molecule has 4 unspecified atom stereocenters. The van der Waals surface area contributed by atoms with Crippen molar-refractivity contribution in [3.05, 3.63) is 0 Å². The van der Waals surface area contributed by atoms with E-state index >= 15 is 0 Å². The van der Waals surface area contributed by atoms with Crippen molar-refractivity contribution < 1.29 is 38.6 Å². The Morgan fingerprint density at radius 1 is 0.843 bits per heavy atom. The fraction of sp³-hybridized carbons (Fsp3) is 0.838. The highest BCUT2D eigenvalue weighted by Gasteiger charge is 2.42. The normalized spacial score (nSPS) is 34.6. The van der Waals surface area contributed by atoms with E-state index in [-0.39, 0.29) is 18.4 Å². The molecule has 4 rings (SSSR count). The molecule has 5 amide bonds. The predicted molar refractivity (Wildman–Crippen MR) is 189 cm³/mol. The highest BCUT2D eigenvalue weighted by atomic mass is 16.5. The van der Waals surface area contributed by atoms with Gasteiger partial charge in [-0.05, 0) is 82.0 Å². The van der Waals surface area contributed by atoms with Gasteiger partial charge >= 0.3 is 5.97 Å². The van der Waals surface area contributed by atoms with Crippen LogP contribution in [-0.4, -0.2) is 102 Å². The van der Waals surface area contributed by atoms with E-state index < -0.39 is 78.4 Å². The molecule has 1 saturated heterocycles. The van der Waals surface area contributed by atoms with Gasteiger partial charge in [0.05, 0.1) is 12.0 Å². The van der Waals surface area contributed by atoms with Gasteiger partial charge in [0.25, 0.3) is 0 Å². The molecule has 14 nitrogen and oxygen atoms in total. The number of fused-ring (bicyclic) bond motifs is 2. The number of nitrogens with two attached hydrogens (primary N) is 1. The van der Waals surface area contributed by atoms with E-state index in [1.165, 1.54) is 31.1 Å². The van der Waals surface area contributed by atoms with Crippen molar-refractivity contribution in [2.24, 2.45) is 35.3 Å². The Hall–Kier alpha value is -3.26. The predicted octanol–water partition coefficient (Wildman–Crippen LogP) is 1.27. The summed E-state index contributed by atoms with van der Waals surface area (Å²) in [7, 11) is 1.57. The van der Waals surface area contributed by atoms with Crippen molar-refractivity contribution in [1.29, 1.82) is 0 Å². The van der Waals surface area contributed by atoms with Gasteiger partial charge in [0.2, 0.25) is 29.5 Å². The Balaban J connectivity index is 1.65. The number of aliphatic hydroxyl groups is 1. The number of nitrogens with one attached hydrogen (secondary N) is 4. The lowest BCUT2D eigenvalue weighted by molar-refractivity contribution is -0.158. The number of carbonyl (C=O) groups is 6. The quantitative estimate of drug-likeness (QED) is 0.158. The maximum Gasteiger partial charge on any atom is 0.325 e. The van der Waals surface area contributed by atoms with Crippen LogP contribution in [0.5, 0.6) is 0 Å². The van der Waals surface area contributed by atoms with Gasteiger partial charge in [-0.25, -0.2) is 0 Å². The van der Waals surface area contributed by atoms with Gasteiger partial charge in [-0.1, -0.05) is 52.4 Å². The number of esters is 1. The van der Waals surface area contributed by atoms with Gasteiger partial charge in [-0.3, -0.25) is 28.8 Å². The number of amides is 5. The third kappa shape index (κ3) is 10.6. The molecule has 1 heterocycles. The zero-order chi connectivity index (χ0) is 37.2. The molecule has 4 aliphatic rings. The average molecular weight is 719 g/mol. The molecule has 10 atom stereocenters. The number of likely N-dealkylation sites (N-methyl/N-ethyl adjacent to an activating group) is 1. The summed E-state index contributed by atoms with van der Waals surface area (Å²) in [6.07, 6.45) is 10.0. The summed E-state index contributed by atoms with van der Waals surface area (Å²) < 4.78 is 5.91. The van der Waals surface area contributed by atoms with E-state index in [2.05, 4.69) is 21.3 Å². The number of ether oxygens (including phenoxy) is 1. The van der Waals surface area contributed by atoms with Gasteiger partial charge in [-0.2, -0.15) is 0 Å². The highest BCUT2D eigenvalue weighted by Crippen LogP contribution is 2.50. The van der Waals surface area contributed by atoms with Gasteiger partial charge < -0.3 is 41.7 Å². The van der Waals surface area contributed by atoms with Crippen LogP contribution < -0.4 is 27.0 Å². The number of hydrogen-bond acceptors (Lipinski definition) is 9. The van der Waals surface area contributed by atoms with Crippen molar-refractivity contribution >= 4 is 35.5 Å². The van der Waals surface area contributed by atoms with Crippen LogP contribution in [0.4, 0.5) is 0 Å². The van der Waals surface area contributed by atoms with Crippen LogP contribution in [0.15, 0.2) is 0 Å². The van der Waals surface area contributed by atoms with Crippen molar-refractivity contribution in [1.82, 2.24) is 26.2 Å². The summed E-state index contributed by atoms with van der Waals surface area (Å²) in [5, 5.41) is 20.9. The number of carbonyl (C=O) groups excluding carboxylic acids is 6. The molecule has 3 aliphatic carbocycles. The lowest BCUT2D eigenvalue weighted by atomic mass is 9.83. The van der Waals surface area contributed by atoms with Crippen molar-refractivity contribution in [2.75, 3.05) is 20.1 Å². The van der Waals surface area contributed by atoms with E-state index in [1.54, 1.807) is 14.0 Å². The molecular weight excluding hydrogens is 656 g/mol. The number of nitrogens with zero attached hydrogens (tertiary/aromatic N) is 1. The van der Waals surface area contributed by atoms with Crippen LogP contribution in [0, 0.1) is 29.6 Å². The zero-order valence-corrected chi connectivity index (χ0v) is 31.0. The Morgan fingerprint density at radius 3 is 2.14 bits per heavy atom. The smallest absolute Gasteiger partial charge is 0.325 e. The van der Waals surface area contributed by atoms with Gasteiger partial charge in [0, 0.05) is 13.6 Å². The van der Waals surface area contributed by atoms with Crippen LogP contribution in [0.2, 0.25) is 0 Å². The first-order chi connectivity index (χ1) is 24.3. The largest absolute Gasteiger partial charge is 0.460 e. The first-order valence-corrected chi connectivity index (χ1v) is 19.4. The van der Waals surface area contributed by atoms with E-state index in [1.807, 2.05) is 6.92 Å². The van der Waals surface area contributed by atoms with Gasteiger partial charge in [0.1, 0.15) is 36.8 Å². The lowest BCUT2D eigenvalue weighted by Gasteiger charge is -2.34. The van der Waals surface area contributed by atoms with E-state index in [4.69, 9.17) is 10.5 Å². The third-order valence-electron chi connectivity index (χ3n) is 11.9. The molecule has 0 aromatic carbocycles. The summed E-state index contributed by atoms with van der Waals surface area (Å²) in [6, 6.07) is -4.63. The molecule has 3 saturated carbocycles. The van der Waals surface area contributed by atoms with Crippen molar-refractivity contribution in [3.63, 3.8) is 0 Å². The Morgan fingerprint density at radius 2 is 1.55 bits per heavy atom. The lowest BCUT2D eigenvalue weighted by Crippen LogP contribution is -2.62. The topological polar surface area (TPSA) is 209 Å². The van der Waals surface area contributed by atoms with Crippen LogP contribution in [-0.2, 0) is 33.5 Å². The molecule has 0 radical (unpaired) electrons. The minimum Gasteiger partial charge on any atom is -0.460 e. The summed E-state index contributed by atoms with van der Waals surface area (Å²) in [6.45, 7) is 4.06. The number of cyclic esters (lactones) is 1. The molecule has 0 aromatic rings. The second kappa shape index (κ2) is 19.0. The Labute approximate surface area is 302 Å². The van der Waals surface area contributed by atoms with E-state index in [0.29, 0.717) is 43.9 Å². The highest BCUT2D eigenvalue weighted by molar-refractivity contribution is 5.96. The summed E-state index contributed by atoms with van der Waals surface area (Å²) in [4.78, 5) is 83.4. The van der Waals surface area contributed by atoms with Gasteiger partial charge in [-0.15, -0.1) is 0 Å². The molecule has 51 heavy (non-hydrogen) atoms. The second-order valence-corrected chi connectivity index (χ2v) is 15.6. The maximum atomic E-state index is 14.2. The first kappa shape index (κ1) is 40.5. The number of rotatable bonds is 8. The minimum atomic E-state index is -1.46. The SMILES string of the molecule is CCC[C@H]1C(=O)N[C@@H](C2CCCCCC2)C(=O)N[C@@H](CN)C(=O)N[C@@H](C(C)O)C(=O)NCC(=O)O[C@H](CCC2CC3CCC2C3)[C@@H](C)C(=O)N1C. The molecule has 7 N–H and O–H groups in total. The van der Waals surface area contributed by atoms with Crippen molar-refractivity contribution in [2.45, 2.75) is 147 Å². The average Bonchev–Trinajstić information content (AvgIpc) is 3.64. The summed E-state index contributed by atoms with van der Waals surface area (Å²) in [5.41, 5.74) is 5.92. The standard InChI is InChI=1S/C37H62N6O8/c1-5-10-28-34(47)42-32(24-11-8-6-7-9-12-24)36(49)40-27(19-38)33(46)41-31(22(3)44)35(48)39-20-30(45)51-29(21(2)37(50)43(28)4)16-15-26-18-23-13-14-25(26)17-23/h21-29,31-32,44H,5-20,38H2,1-4H3,(H,39,48)(H,40,49)(H,41,46)(H,42,47)/t21-,22?,23?,25?,26?,27+,28+,29-,31+,32+/m1/s1. The number of hydrogen-bond donors (Lipinski definition) is 6. The summed E-state index contributed by atoms with van der Waals surface area (Å²) in [5.74, 6) is -2.95. The molecule has 14 heteroatoms. The fourth-order valence-corrected chi connectivity index (χ4v) is 8.85. The number of aliphatic hydroxyl groups excluding tert-OH is 1. The van der Waals surface area contributed by atoms with Crippen LogP contribution in [0.3, 0.4) is 0 Å². The molecular formula is C37H62N6O8. The first-order valence-electron chi connectivity index (χ1n) is 19.4. The Bertz CT molecular complexity index is 1240. The van der Waals surface area contributed by atoms with Crippen molar-refractivity contribution in [3.8, 4) is 0 Å². The molecule has 1 aliphatic heterocycles. The fourth-order valence-electron chi connectivity index (χ4n) is 8.85. The van der Waals surface area contributed by atoms with E-state index in [0.717, 1.165) is 44.4 Å². The monoisotopic (exact) mass is 718 g/mol. The zero-order valence-electron chi connectivity index (χ0n) is 31.0. The van der Waals surface area contributed by atoms with Crippen LogP contribution >= 0.6 is 0 Å². The Kier molecular flexibility index (Phi) is 15.1. The van der Waals surface area contributed by atoms with Crippen LogP contribution in [0.25, 0.3) is 0 Å². The molecule has 2 bridgehead atoms. The molecule has 288 valence electrons. The second-order valence-electron chi connectivity index (χ2n) is 15.6. The molecule has 0 spiro atoms. The summed E-state index contributed by atoms with van der Waals surface area (Å²) >= 11 is 0. The molecule has 4 fully saturated rings. The molecule has 0 aromatic heterocycles. The van der Waals surface area contributed by atoms with E-state index in [9.17, 15) is 33.9 Å². The minimum absolute atomic E-state index is 0.208. The van der Waals surface area contributed by atoms with Gasteiger partial charge in [0.15, 0.2) is 0 Å².